The number of nitrogens with zero attached hydrogens (tertiary/aromatic N) is 5. The summed E-state index contributed by atoms with van der Waals surface area (Å²) in [4.78, 5) is 29.2. The van der Waals surface area contributed by atoms with Gasteiger partial charge in [-0.05, 0) is 25.3 Å². The summed E-state index contributed by atoms with van der Waals surface area (Å²) in [7, 11) is 1.79. The first-order valence-electron chi connectivity index (χ1n) is 9.35. The highest BCUT2D eigenvalue weighted by atomic mass is 16.5. The average Bonchev–Trinajstić information content (AvgIpc) is 3.37. The van der Waals surface area contributed by atoms with E-state index in [0.717, 1.165) is 25.0 Å². The minimum absolute atomic E-state index is 0.0385. The smallest absolute Gasteiger partial charge is 0.274 e. The monoisotopic (exact) mass is 372 g/mol. The second-order valence-corrected chi connectivity index (χ2v) is 7.03. The molecule has 27 heavy (non-hydrogen) atoms. The fourth-order valence-corrected chi connectivity index (χ4v) is 3.74. The normalized spacial score (nSPS) is 20.7. The Morgan fingerprint density at radius 1 is 1.19 bits per heavy atom. The van der Waals surface area contributed by atoms with Gasteiger partial charge in [0.2, 0.25) is 0 Å². The number of amides is 2. The highest BCUT2D eigenvalue weighted by Crippen LogP contribution is 2.31. The maximum absolute atomic E-state index is 12.9. The number of rotatable bonds is 3. The van der Waals surface area contributed by atoms with E-state index in [0.29, 0.717) is 44.1 Å². The molecule has 2 saturated heterocycles. The molecule has 0 radical (unpaired) electrons. The van der Waals surface area contributed by atoms with Crippen molar-refractivity contribution >= 4 is 11.8 Å². The fourth-order valence-electron chi connectivity index (χ4n) is 3.74. The van der Waals surface area contributed by atoms with E-state index in [1.807, 2.05) is 4.90 Å². The lowest BCUT2D eigenvalue weighted by Crippen LogP contribution is -2.40. The molecule has 1 atom stereocenters. The van der Waals surface area contributed by atoms with Gasteiger partial charge >= 0.3 is 0 Å². The summed E-state index contributed by atoms with van der Waals surface area (Å²) in [6.45, 7) is 2.95. The molecule has 9 nitrogen and oxygen atoms in total. The van der Waals surface area contributed by atoms with Crippen LogP contribution in [0.1, 0.15) is 51.8 Å². The Labute approximate surface area is 157 Å². The van der Waals surface area contributed by atoms with Crippen molar-refractivity contribution in [3.63, 3.8) is 0 Å². The Kier molecular flexibility index (Phi) is 4.93. The van der Waals surface area contributed by atoms with Crippen LogP contribution >= 0.6 is 0 Å². The standard InChI is InChI=1S/C18H24N6O3/c1-22-12-13(11-19-22)17(25)24-5-3-2-4-16(24)14-10-15(21-20-14)18(26)23-6-8-27-9-7-23/h10-12,16H,2-9H2,1H3,(H,20,21)/t16-/m0/s1. The minimum atomic E-state index is -0.106. The Bertz CT molecular complexity index is 823. The number of hydrogen-bond acceptors (Lipinski definition) is 5. The Hall–Kier alpha value is -2.68. The average molecular weight is 372 g/mol. The van der Waals surface area contributed by atoms with E-state index in [4.69, 9.17) is 4.74 Å². The van der Waals surface area contributed by atoms with Gasteiger partial charge < -0.3 is 14.5 Å². The predicted molar refractivity (Wildman–Crippen MR) is 96.1 cm³/mol. The highest BCUT2D eigenvalue weighted by Gasteiger charge is 2.31. The molecule has 2 aromatic heterocycles. The van der Waals surface area contributed by atoms with Crippen LogP contribution in [-0.4, -0.2) is 74.4 Å². The van der Waals surface area contributed by atoms with Crippen LogP contribution in [-0.2, 0) is 11.8 Å². The molecule has 1 N–H and O–H groups in total. The molecular weight excluding hydrogens is 348 g/mol. The molecule has 2 aliphatic rings. The van der Waals surface area contributed by atoms with Crippen LogP contribution in [0, 0.1) is 0 Å². The van der Waals surface area contributed by atoms with Gasteiger partial charge in [0.05, 0.1) is 36.7 Å². The van der Waals surface area contributed by atoms with E-state index < -0.39 is 0 Å². The Balaban J connectivity index is 1.53. The predicted octanol–water partition coefficient (Wildman–Crippen LogP) is 0.983. The number of morpholine rings is 1. The van der Waals surface area contributed by atoms with Gasteiger partial charge in [-0.25, -0.2) is 0 Å². The maximum Gasteiger partial charge on any atom is 0.274 e. The van der Waals surface area contributed by atoms with Crippen molar-refractivity contribution in [3.8, 4) is 0 Å². The number of carbonyl (C=O) groups excluding carboxylic acids is 2. The van der Waals surface area contributed by atoms with Crippen molar-refractivity contribution in [1.29, 1.82) is 0 Å². The van der Waals surface area contributed by atoms with Crippen molar-refractivity contribution in [2.24, 2.45) is 7.05 Å². The van der Waals surface area contributed by atoms with Crippen molar-refractivity contribution < 1.29 is 14.3 Å². The summed E-state index contributed by atoms with van der Waals surface area (Å²) in [6.07, 6.45) is 6.17. The molecule has 144 valence electrons. The molecule has 2 aromatic rings. The van der Waals surface area contributed by atoms with E-state index in [-0.39, 0.29) is 17.9 Å². The second-order valence-electron chi connectivity index (χ2n) is 7.03. The van der Waals surface area contributed by atoms with Gasteiger partial charge in [0.25, 0.3) is 11.8 Å². The molecular formula is C18H24N6O3. The van der Waals surface area contributed by atoms with Gasteiger partial charge in [-0.2, -0.15) is 10.2 Å². The molecule has 4 rings (SSSR count). The summed E-state index contributed by atoms with van der Waals surface area (Å²) in [6, 6.07) is 1.68. The number of carbonyl (C=O) groups is 2. The fraction of sp³-hybridized carbons (Fsp3) is 0.556. The van der Waals surface area contributed by atoms with Crippen LogP contribution < -0.4 is 0 Å². The lowest BCUT2D eigenvalue weighted by molar-refractivity contribution is 0.0299. The van der Waals surface area contributed by atoms with Crippen LogP contribution in [0.4, 0.5) is 0 Å². The van der Waals surface area contributed by atoms with Gasteiger partial charge in [-0.1, -0.05) is 0 Å². The quantitative estimate of drug-likeness (QED) is 0.866. The third-order valence-corrected chi connectivity index (χ3v) is 5.19. The molecule has 0 spiro atoms. The number of ether oxygens (including phenoxy) is 1. The first-order chi connectivity index (χ1) is 13.1. The van der Waals surface area contributed by atoms with Crippen molar-refractivity contribution in [2.75, 3.05) is 32.8 Å². The zero-order valence-corrected chi connectivity index (χ0v) is 15.4. The molecule has 2 fully saturated rings. The molecule has 0 unspecified atom stereocenters. The number of aromatic nitrogens is 4. The lowest BCUT2D eigenvalue weighted by atomic mass is 9.98. The van der Waals surface area contributed by atoms with Gasteiger partial charge in [0, 0.05) is 32.9 Å². The van der Waals surface area contributed by atoms with E-state index in [1.54, 1.807) is 35.1 Å². The van der Waals surface area contributed by atoms with Gasteiger partial charge in [0.1, 0.15) is 5.69 Å². The molecule has 0 aliphatic carbocycles. The van der Waals surface area contributed by atoms with Gasteiger partial charge in [0.15, 0.2) is 0 Å². The summed E-state index contributed by atoms with van der Waals surface area (Å²) in [5.41, 5.74) is 1.78. The molecule has 9 heteroatoms. The van der Waals surface area contributed by atoms with E-state index in [2.05, 4.69) is 15.3 Å². The topological polar surface area (TPSA) is 96.4 Å². The number of aryl methyl sites for hydroxylation is 1. The number of hydrogen-bond donors (Lipinski definition) is 1. The summed E-state index contributed by atoms with van der Waals surface area (Å²) in [5, 5.41) is 11.3. The van der Waals surface area contributed by atoms with Crippen molar-refractivity contribution in [3.05, 3.63) is 35.4 Å². The summed E-state index contributed by atoms with van der Waals surface area (Å²) in [5.74, 6) is -0.134. The van der Waals surface area contributed by atoms with Gasteiger partial charge in [-0.15, -0.1) is 0 Å². The van der Waals surface area contributed by atoms with Crippen LogP contribution in [0.15, 0.2) is 18.5 Å². The van der Waals surface area contributed by atoms with Crippen LogP contribution in [0.25, 0.3) is 0 Å². The zero-order chi connectivity index (χ0) is 18.8. The second kappa shape index (κ2) is 7.51. The largest absolute Gasteiger partial charge is 0.378 e. The summed E-state index contributed by atoms with van der Waals surface area (Å²) >= 11 is 0. The lowest BCUT2D eigenvalue weighted by Gasteiger charge is -2.34. The van der Waals surface area contributed by atoms with Gasteiger partial charge in [-0.3, -0.25) is 19.4 Å². The number of aromatic amines is 1. The summed E-state index contributed by atoms with van der Waals surface area (Å²) < 4.78 is 6.92. The third kappa shape index (κ3) is 3.59. The molecule has 0 bridgehead atoms. The van der Waals surface area contributed by atoms with Crippen LogP contribution in [0.5, 0.6) is 0 Å². The number of likely N-dealkylation sites (tertiary alicyclic amines) is 1. The van der Waals surface area contributed by atoms with E-state index in [9.17, 15) is 9.59 Å². The number of H-pyrrole nitrogens is 1. The molecule has 2 aliphatic heterocycles. The molecule has 2 amide bonds. The SMILES string of the molecule is Cn1cc(C(=O)N2CCCC[C@H]2c2cc(C(=O)N3CCOCC3)n[nH]2)cn1. The number of piperidine rings is 1. The minimum Gasteiger partial charge on any atom is -0.378 e. The Morgan fingerprint density at radius 2 is 2.00 bits per heavy atom. The first-order valence-corrected chi connectivity index (χ1v) is 9.35. The molecule has 4 heterocycles. The van der Waals surface area contributed by atoms with Crippen LogP contribution in [0.2, 0.25) is 0 Å². The van der Waals surface area contributed by atoms with Crippen molar-refractivity contribution in [1.82, 2.24) is 29.8 Å². The zero-order valence-electron chi connectivity index (χ0n) is 15.4. The maximum atomic E-state index is 12.9. The molecule has 0 saturated carbocycles. The Morgan fingerprint density at radius 3 is 2.74 bits per heavy atom. The molecule has 0 aromatic carbocycles. The highest BCUT2D eigenvalue weighted by molar-refractivity contribution is 5.94. The van der Waals surface area contributed by atoms with E-state index in [1.165, 1.54) is 0 Å². The number of nitrogens with one attached hydrogen (secondary N) is 1. The van der Waals surface area contributed by atoms with E-state index >= 15 is 0 Å². The van der Waals surface area contributed by atoms with Crippen LogP contribution in [0.3, 0.4) is 0 Å². The first kappa shape index (κ1) is 17.7. The third-order valence-electron chi connectivity index (χ3n) is 5.19. The van der Waals surface area contributed by atoms with Crippen molar-refractivity contribution in [2.45, 2.75) is 25.3 Å².